The maximum absolute atomic E-state index is 12.9. The van der Waals surface area contributed by atoms with Crippen molar-refractivity contribution < 1.29 is 19.8 Å². The van der Waals surface area contributed by atoms with Crippen molar-refractivity contribution >= 4 is 11.9 Å². The summed E-state index contributed by atoms with van der Waals surface area (Å²) in [7, 11) is 4.12. The van der Waals surface area contributed by atoms with Crippen molar-refractivity contribution in [3.63, 3.8) is 0 Å². The third-order valence-corrected chi connectivity index (χ3v) is 7.45. The lowest BCUT2D eigenvalue weighted by atomic mass is 9.52. The fraction of sp³-hybridized carbons (Fsp3) is 0.652. The molecule has 0 unspecified atom stereocenters. The van der Waals surface area contributed by atoms with Crippen LogP contribution in [0.1, 0.15) is 43.2 Å². The summed E-state index contributed by atoms with van der Waals surface area (Å²) in [5.74, 6) is -0.258. The Labute approximate surface area is 183 Å². The number of imide groups is 1. The third-order valence-electron chi connectivity index (χ3n) is 7.45. The van der Waals surface area contributed by atoms with Crippen LogP contribution in [0.25, 0.3) is 0 Å². The van der Waals surface area contributed by atoms with Gasteiger partial charge in [-0.15, -0.1) is 0 Å². The highest BCUT2D eigenvalue weighted by Crippen LogP contribution is 2.55. The van der Waals surface area contributed by atoms with Gasteiger partial charge in [0.1, 0.15) is 5.75 Å². The van der Waals surface area contributed by atoms with Crippen LogP contribution in [0.15, 0.2) is 18.2 Å². The summed E-state index contributed by atoms with van der Waals surface area (Å²) < 4.78 is 0. The molecule has 4 rings (SSSR count). The molecule has 0 spiro atoms. The zero-order valence-corrected chi connectivity index (χ0v) is 18.5. The summed E-state index contributed by atoms with van der Waals surface area (Å²) in [5, 5.41) is 27.7. The molecular weight excluding hydrogens is 396 g/mol. The first kappa shape index (κ1) is 22.0. The number of rotatable bonds is 4. The molecule has 0 radical (unpaired) electrons. The molecule has 8 heteroatoms. The molecule has 2 saturated heterocycles. The molecule has 170 valence electrons. The maximum atomic E-state index is 12.9. The maximum Gasteiger partial charge on any atom is 0.321 e. The molecule has 1 aliphatic carbocycles. The van der Waals surface area contributed by atoms with Gasteiger partial charge < -0.3 is 20.4 Å². The van der Waals surface area contributed by atoms with Gasteiger partial charge in [-0.05, 0) is 89.1 Å². The van der Waals surface area contributed by atoms with Gasteiger partial charge in [0.2, 0.25) is 5.91 Å². The van der Waals surface area contributed by atoms with Crippen LogP contribution in [0.5, 0.6) is 5.75 Å². The first-order valence-electron chi connectivity index (χ1n) is 11.3. The molecule has 3 atom stereocenters. The Balaban J connectivity index is 1.77. The number of fused-ring (bicyclic) bond motifs is 1. The van der Waals surface area contributed by atoms with Gasteiger partial charge in [0.25, 0.3) is 0 Å². The van der Waals surface area contributed by atoms with Gasteiger partial charge in [0.05, 0.1) is 5.60 Å². The summed E-state index contributed by atoms with van der Waals surface area (Å²) in [6.07, 6.45) is 3.43. The SMILES string of the molecule is CN(C)CCCN1CC[C@]23CC(=O)NC(=O)NCCC[C@@]2(O)[C@H]1Cc1ccc(O)cc13. The van der Waals surface area contributed by atoms with Crippen molar-refractivity contribution in [2.75, 3.05) is 40.3 Å². The molecule has 1 aromatic carbocycles. The lowest BCUT2D eigenvalue weighted by Crippen LogP contribution is -2.72. The number of aromatic hydroxyl groups is 1. The number of hydrogen-bond donors (Lipinski definition) is 4. The molecule has 2 bridgehead atoms. The number of carbonyl (C=O) groups excluding carboxylic acids is 2. The van der Waals surface area contributed by atoms with Crippen molar-refractivity contribution in [2.24, 2.45) is 0 Å². The molecule has 8 nitrogen and oxygen atoms in total. The van der Waals surface area contributed by atoms with E-state index in [1.54, 1.807) is 12.1 Å². The number of phenolic OH excluding ortho intramolecular Hbond substituents is 1. The van der Waals surface area contributed by atoms with Crippen LogP contribution in [-0.4, -0.2) is 83.9 Å². The van der Waals surface area contributed by atoms with E-state index in [2.05, 4.69) is 34.5 Å². The Bertz CT molecular complexity index is 860. The summed E-state index contributed by atoms with van der Waals surface area (Å²) in [6, 6.07) is 4.72. The van der Waals surface area contributed by atoms with E-state index in [9.17, 15) is 19.8 Å². The van der Waals surface area contributed by atoms with E-state index < -0.39 is 23.0 Å². The number of likely N-dealkylation sites (tertiary alicyclic amines) is 1. The van der Waals surface area contributed by atoms with Gasteiger partial charge in [-0.25, -0.2) is 4.79 Å². The molecule has 2 fully saturated rings. The van der Waals surface area contributed by atoms with Crippen LogP contribution in [0.2, 0.25) is 0 Å². The van der Waals surface area contributed by atoms with E-state index in [0.717, 1.165) is 37.2 Å². The number of amides is 3. The molecule has 31 heavy (non-hydrogen) atoms. The molecule has 2 aliphatic heterocycles. The number of urea groups is 1. The molecule has 1 aromatic rings. The normalized spacial score (nSPS) is 31.4. The van der Waals surface area contributed by atoms with Gasteiger partial charge in [0.15, 0.2) is 0 Å². The summed E-state index contributed by atoms with van der Waals surface area (Å²) >= 11 is 0. The second-order valence-corrected chi connectivity index (χ2v) is 9.59. The van der Waals surface area contributed by atoms with Crippen molar-refractivity contribution in [3.05, 3.63) is 29.3 Å². The largest absolute Gasteiger partial charge is 0.508 e. The summed E-state index contributed by atoms with van der Waals surface area (Å²) in [5.41, 5.74) is -0.0257. The van der Waals surface area contributed by atoms with Crippen molar-refractivity contribution in [1.29, 1.82) is 0 Å². The number of nitrogens with zero attached hydrogens (tertiary/aromatic N) is 2. The Kier molecular flexibility index (Phi) is 5.98. The topological polar surface area (TPSA) is 105 Å². The highest BCUT2D eigenvalue weighted by molar-refractivity contribution is 5.95. The van der Waals surface area contributed by atoms with Crippen LogP contribution in [0.4, 0.5) is 4.79 Å². The second-order valence-electron chi connectivity index (χ2n) is 9.59. The van der Waals surface area contributed by atoms with Crippen LogP contribution >= 0.6 is 0 Å². The molecular formula is C23H34N4O4. The summed E-state index contributed by atoms with van der Waals surface area (Å²) in [6.45, 7) is 3.04. The molecule has 4 N–H and O–H groups in total. The van der Waals surface area contributed by atoms with E-state index in [0.29, 0.717) is 32.2 Å². The molecule has 3 aliphatic rings. The smallest absolute Gasteiger partial charge is 0.321 e. The highest BCUT2D eigenvalue weighted by Gasteiger charge is 2.63. The van der Waals surface area contributed by atoms with Crippen LogP contribution in [-0.2, 0) is 16.6 Å². The monoisotopic (exact) mass is 430 g/mol. The number of phenols is 1. The molecule has 0 aromatic heterocycles. The van der Waals surface area contributed by atoms with E-state index >= 15 is 0 Å². The molecule has 2 heterocycles. The predicted molar refractivity (Wildman–Crippen MR) is 117 cm³/mol. The fourth-order valence-electron chi connectivity index (χ4n) is 6.04. The standard InChI is InChI=1S/C23H34N4O4/c1-26(2)10-4-11-27-12-8-22-15-20(29)25-21(30)24-9-3-7-23(22,31)19(27)13-16-5-6-17(28)14-18(16)22/h5-6,14,19,28,31H,3-4,7-13,15H2,1-2H3,(H2,24,25,29,30)/t19-,22-,23-/m1/s1. The first-order valence-corrected chi connectivity index (χ1v) is 11.3. The van der Waals surface area contributed by atoms with Crippen molar-refractivity contribution in [2.45, 2.75) is 55.6 Å². The van der Waals surface area contributed by atoms with E-state index in [1.807, 2.05) is 6.07 Å². The fourth-order valence-corrected chi connectivity index (χ4v) is 6.04. The van der Waals surface area contributed by atoms with Gasteiger partial charge in [-0.3, -0.25) is 15.0 Å². The minimum atomic E-state index is -1.12. The van der Waals surface area contributed by atoms with E-state index in [1.165, 1.54) is 0 Å². The zero-order chi connectivity index (χ0) is 22.2. The Morgan fingerprint density at radius 3 is 2.84 bits per heavy atom. The zero-order valence-electron chi connectivity index (χ0n) is 18.5. The number of nitrogens with one attached hydrogen (secondary N) is 2. The lowest BCUT2D eigenvalue weighted by Gasteiger charge is -2.62. The number of piperidine rings is 1. The van der Waals surface area contributed by atoms with E-state index in [-0.39, 0.29) is 18.2 Å². The van der Waals surface area contributed by atoms with E-state index in [4.69, 9.17) is 0 Å². The van der Waals surface area contributed by atoms with Gasteiger partial charge in [0, 0.05) is 24.4 Å². The van der Waals surface area contributed by atoms with Crippen LogP contribution in [0.3, 0.4) is 0 Å². The van der Waals surface area contributed by atoms with Gasteiger partial charge in [-0.1, -0.05) is 6.07 Å². The van der Waals surface area contributed by atoms with Crippen LogP contribution < -0.4 is 10.6 Å². The minimum Gasteiger partial charge on any atom is -0.508 e. The third kappa shape index (κ3) is 3.92. The Morgan fingerprint density at radius 1 is 1.26 bits per heavy atom. The molecule has 3 amide bonds. The second kappa shape index (κ2) is 8.41. The lowest BCUT2D eigenvalue weighted by molar-refractivity contribution is -0.160. The predicted octanol–water partition coefficient (Wildman–Crippen LogP) is 0.953. The first-order chi connectivity index (χ1) is 14.7. The number of benzene rings is 1. The molecule has 0 saturated carbocycles. The number of aliphatic hydroxyl groups is 1. The highest BCUT2D eigenvalue weighted by atomic mass is 16.3. The van der Waals surface area contributed by atoms with Crippen molar-refractivity contribution in [1.82, 2.24) is 20.4 Å². The quantitative estimate of drug-likeness (QED) is 0.567. The summed E-state index contributed by atoms with van der Waals surface area (Å²) in [4.78, 5) is 29.4. The van der Waals surface area contributed by atoms with Crippen LogP contribution in [0, 0.1) is 0 Å². The Morgan fingerprint density at radius 2 is 2.06 bits per heavy atom. The van der Waals surface area contributed by atoms with Gasteiger partial charge >= 0.3 is 6.03 Å². The number of carbonyl (C=O) groups is 2. The van der Waals surface area contributed by atoms with Gasteiger partial charge in [-0.2, -0.15) is 0 Å². The average Bonchev–Trinajstić information content (AvgIpc) is 2.69. The average molecular weight is 431 g/mol. The van der Waals surface area contributed by atoms with Crippen molar-refractivity contribution in [3.8, 4) is 5.75 Å². The number of hydrogen-bond acceptors (Lipinski definition) is 6. The Hall–Kier alpha value is -2.16. The minimum absolute atomic E-state index is 0.0232.